The van der Waals surface area contributed by atoms with Crippen molar-refractivity contribution in [1.82, 2.24) is 33.2 Å². The van der Waals surface area contributed by atoms with Crippen LogP contribution in [0.15, 0.2) is 24.3 Å². The zero-order valence-electron chi connectivity index (χ0n) is 14.7. The molecule has 0 fully saturated rings. The van der Waals surface area contributed by atoms with Gasteiger partial charge in [0.25, 0.3) is 5.78 Å². The number of fused-ring (bicyclic) bond motifs is 2. The number of nitrogens with zero attached hydrogens (tertiary/aromatic N) is 7. The summed E-state index contributed by atoms with van der Waals surface area (Å²) in [5, 5.41) is 4.40. The Balaban J connectivity index is 1.49. The van der Waals surface area contributed by atoms with Crippen LogP contribution in [-0.2, 0) is 17.8 Å². The molecule has 0 saturated heterocycles. The van der Waals surface area contributed by atoms with Crippen LogP contribution in [0, 0.1) is 13.8 Å². The Morgan fingerprint density at radius 3 is 2.81 bits per heavy atom. The van der Waals surface area contributed by atoms with Gasteiger partial charge in [-0.1, -0.05) is 6.07 Å². The summed E-state index contributed by atoms with van der Waals surface area (Å²) in [6.07, 6.45) is 0.138. The van der Waals surface area contributed by atoms with Gasteiger partial charge in [0, 0.05) is 25.0 Å². The lowest BCUT2D eigenvalue weighted by Crippen LogP contribution is -2.28. The van der Waals surface area contributed by atoms with E-state index in [9.17, 15) is 4.79 Å². The van der Waals surface area contributed by atoms with Crippen LogP contribution in [0.2, 0.25) is 0 Å². The molecule has 0 unspecified atom stereocenters. The maximum atomic E-state index is 12.5. The molecule has 0 spiro atoms. The molecule has 0 bridgehead atoms. The van der Waals surface area contributed by atoms with E-state index in [0.29, 0.717) is 18.1 Å². The average Bonchev–Trinajstić information content (AvgIpc) is 3.20. The monoisotopic (exact) mass is 367 g/mol. The van der Waals surface area contributed by atoms with Crippen LogP contribution in [0.25, 0.3) is 16.8 Å². The van der Waals surface area contributed by atoms with Crippen molar-refractivity contribution in [3.8, 4) is 0 Å². The van der Waals surface area contributed by atoms with Crippen LogP contribution in [0.1, 0.15) is 22.8 Å². The summed E-state index contributed by atoms with van der Waals surface area (Å²) in [5.74, 6) is 0.948. The highest BCUT2D eigenvalue weighted by Gasteiger charge is 2.15. The standard InChI is InChI=1S/C17H17N7OS/c1-10-6-11(2)24-17(18-10)19-15(20-24)8-16(25)23(3)9-12-4-5-13-14(7-12)22-26-21-13/h4-7H,8-9H2,1-3H3. The lowest BCUT2D eigenvalue weighted by molar-refractivity contribution is -0.129. The van der Waals surface area contributed by atoms with Gasteiger partial charge in [0.05, 0.1) is 18.1 Å². The Morgan fingerprint density at radius 1 is 1.15 bits per heavy atom. The number of aryl methyl sites for hydroxylation is 2. The van der Waals surface area contributed by atoms with Crippen LogP contribution in [0.4, 0.5) is 0 Å². The van der Waals surface area contributed by atoms with E-state index in [4.69, 9.17) is 0 Å². The third-order valence-corrected chi connectivity index (χ3v) is 4.69. The SMILES string of the molecule is Cc1cc(C)n2nc(CC(=O)N(C)Cc3ccc4nsnc4c3)nc2n1. The molecule has 0 atom stereocenters. The number of amides is 1. The third-order valence-electron chi connectivity index (χ3n) is 4.14. The second-order valence-corrected chi connectivity index (χ2v) is 6.82. The van der Waals surface area contributed by atoms with Crippen molar-refractivity contribution in [2.75, 3.05) is 7.05 Å². The van der Waals surface area contributed by atoms with Gasteiger partial charge < -0.3 is 4.90 Å². The molecule has 3 aromatic heterocycles. The summed E-state index contributed by atoms with van der Waals surface area (Å²) in [4.78, 5) is 22.9. The molecule has 9 heteroatoms. The largest absolute Gasteiger partial charge is 0.341 e. The van der Waals surface area contributed by atoms with Crippen molar-refractivity contribution in [1.29, 1.82) is 0 Å². The van der Waals surface area contributed by atoms with Crippen molar-refractivity contribution in [2.45, 2.75) is 26.8 Å². The zero-order valence-corrected chi connectivity index (χ0v) is 15.5. The number of aromatic nitrogens is 6. The topological polar surface area (TPSA) is 89.2 Å². The van der Waals surface area contributed by atoms with Crippen LogP contribution in [-0.4, -0.2) is 46.2 Å². The van der Waals surface area contributed by atoms with Gasteiger partial charge in [-0.15, -0.1) is 5.10 Å². The number of hydrogen-bond donors (Lipinski definition) is 0. The molecule has 0 saturated carbocycles. The number of carbonyl (C=O) groups excluding carboxylic acids is 1. The lowest BCUT2D eigenvalue weighted by Gasteiger charge is -2.16. The molecule has 0 aliphatic carbocycles. The minimum absolute atomic E-state index is 0.0493. The molecule has 1 amide bonds. The number of benzene rings is 1. The molecular weight excluding hydrogens is 350 g/mol. The predicted octanol–water partition coefficient (Wildman–Crippen LogP) is 1.95. The molecule has 0 aliphatic rings. The molecular formula is C17H17N7OS. The first-order valence-electron chi connectivity index (χ1n) is 8.14. The van der Waals surface area contributed by atoms with Gasteiger partial charge >= 0.3 is 0 Å². The van der Waals surface area contributed by atoms with E-state index in [1.165, 1.54) is 11.7 Å². The molecule has 4 rings (SSSR count). The van der Waals surface area contributed by atoms with Gasteiger partial charge in [-0.05, 0) is 37.6 Å². The molecule has 4 aromatic rings. The van der Waals surface area contributed by atoms with Crippen molar-refractivity contribution >= 4 is 34.4 Å². The van der Waals surface area contributed by atoms with Crippen molar-refractivity contribution in [3.63, 3.8) is 0 Å². The molecule has 3 heterocycles. The van der Waals surface area contributed by atoms with E-state index in [0.717, 1.165) is 28.0 Å². The van der Waals surface area contributed by atoms with E-state index in [2.05, 4.69) is 23.8 Å². The number of rotatable bonds is 4. The molecule has 0 radical (unpaired) electrons. The Labute approximate surface area is 153 Å². The summed E-state index contributed by atoms with van der Waals surface area (Å²) < 4.78 is 10.1. The predicted molar refractivity (Wildman–Crippen MR) is 97.8 cm³/mol. The van der Waals surface area contributed by atoms with Crippen LogP contribution >= 0.6 is 11.7 Å². The maximum Gasteiger partial charge on any atom is 0.252 e. The Hall–Kier alpha value is -2.94. The zero-order chi connectivity index (χ0) is 18.3. The Bertz CT molecular complexity index is 1120. The first-order valence-corrected chi connectivity index (χ1v) is 8.88. The highest BCUT2D eigenvalue weighted by Crippen LogP contribution is 2.15. The van der Waals surface area contributed by atoms with E-state index in [-0.39, 0.29) is 12.3 Å². The summed E-state index contributed by atoms with van der Waals surface area (Å²) in [6.45, 7) is 4.35. The summed E-state index contributed by atoms with van der Waals surface area (Å²) in [5.41, 5.74) is 4.56. The molecule has 0 N–H and O–H groups in total. The van der Waals surface area contributed by atoms with Crippen molar-refractivity contribution in [2.24, 2.45) is 0 Å². The average molecular weight is 367 g/mol. The van der Waals surface area contributed by atoms with Gasteiger partial charge in [0.1, 0.15) is 11.0 Å². The van der Waals surface area contributed by atoms with Crippen molar-refractivity contribution < 1.29 is 4.79 Å². The minimum Gasteiger partial charge on any atom is -0.341 e. The Kier molecular flexibility index (Phi) is 4.08. The van der Waals surface area contributed by atoms with Gasteiger partial charge in [-0.3, -0.25) is 4.79 Å². The van der Waals surface area contributed by atoms with Gasteiger partial charge in [0.15, 0.2) is 5.82 Å². The van der Waals surface area contributed by atoms with Crippen LogP contribution in [0.5, 0.6) is 0 Å². The summed E-state index contributed by atoms with van der Waals surface area (Å²) in [6, 6.07) is 7.78. The fourth-order valence-corrected chi connectivity index (χ4v) is 3.36. The highest BCUT2D eigenvalue weighted by atomic mass is 32.1. The van der Waals surface area contributed by atoms with Gasteiger partial charge in [0.2, 0.25) is 5.91 Å². The van der Waals surface area contributed by atoms with Gasteiger partial charge in [-0.2, -0.15) is 13.7 Å². The fourth-order valence-electron chi connectivity index (χ4n) is 2.84. The fraction of sp³-hybridized carbons (Fsp3) is 0.294. The first kappa shape index (κ1) is 16.5. The van der Waals surface area contributed by atoms with E-state index in [1.807, 2.05) is 38.1 Å². The van der Waals surface area contributed by atoms with Crippen molar-refractivity contribution in [3.05, 3.63) is 47.0 Å². The lowest BCUT2D eigenvalue weighted by atomic mass is 10.2. The Morgan fingerprint density at radius 2 is 1.96 bits per heavy atom. The molecule has 1 aromatic carbocycles. The van der Waals surface area contributed by atoms with E-state index >= 15 is 0 Å². The van der Waals surface area contributed by atoms with Crippen LogP contribution < -0.4 is 0 Å². The maximum absolute atomic E-state index is 12.5. The molecule has 132 valence electrons. The first-order chi connectivity index (χ1) is 12.5. The second-order valence-electron chi connectivity index (χ2n) is 6.29. The normalized spacial score (nSPS) is 11.3. The van der Waals surface area contributed by atoms with E-state index < -0.39 is 0 Å². The molecule has 26 heavy (non-hydrogen) atoms. The van der Waals surface area contributed by atoms with Crippen LogP contribution in [0.3, 0.4) is 0 Å². The summed E-state index contributed by atoms with van der Waals surface area (Å²) in [7, 11) is 1.77. The summed E-state index contributed by atoms with van der Waals surface area (Å²) >= 11 is 1.19. The number of carbonyl (C=O) groups is 1. The third kappa shape index (κ3) is 3.13. The second kappa shape index (κ2) is 6.41. The minimum atomic E-state index is -0.0493. The number of likely N-dealkylation sites (N-methyl/N-ethyl adjacent to an activating group) is 1. The molecule has 0 aliphatic heterocycles. The highest BCUT2D eigenvalue weighted by molar-refractivity contribution is 7.00. The van der Waals surface area contributed by atoms with Gasteiger partial charge in [-0.25, -0.2) is 9.50 Å². The quantitative estimate of drug-likeness (QED) is 0.548. The van der Waals surface area contributed by atoms with E-state index in [1.54, 1.807) is 16.5 Å². The molecule has 8 nitrogen and oxygen atoms in total. The smallest absolute Gasteiger partial charge is 0.252 e. The number of hydrogen-bond acceptors (Lipinski definition) is 7.